The van der Waals surface area contributed by atoms with Gasteiger partial charge in [0.25, 0.3) is 5.56 Å². The zero-order chi connectivity index (χ0) is 18.8. The van der Waals surface area contributed by atoms with Gasteiger partial charge in [0.05, 0.1) is 20.8 Å². The number of methoxy groups -OCH3 is 2. The predicted octanol–water partition coefficient (Wildman–Crippen LogP) is -1.29. The first-order valence-corrected chi connectivity index (χ1v) is 7.26. The smallest absolute Gasteiger partial charge is 0.330 e. The summed E-state index contributed by atoms with van der Waals surface area (Å²) in [6.45, 7) is 0.727. The zero-order valence-electron chi connectivity index (χ0n) is 13.8. The van der Waals surface area contributed by atoms with Crippen LogP contribution in [0.5, 0.6) is 0 Å². The lowest BCUT2D eigenvalue weighted by atomic mass is 9.79. The molecule has 10 heteroatoms. The fourth-order valence-corrected chi connectivity index (χ4v) is 2.67. The number of rotatable bonds is 5. The van der Waals surface area contributed by atoms with Crippen molar-refractivity contribution in [1.29, 1.82) is 0 Å². The third kappa shape index (κ3) is 3.13. The van der Waals surface area contributed by atoms with Crippen LogP contribution in [0, 0.1) is 5.41 Å². The zero-order valence-corrected chi connectivity index (χ0v) is 13.8. The van der Waals surface area contributed by atoms with E-state index in [1.807, 2.05) is 0 Å². The van der Waals surface area contributed by atoms with E-state index in [0.717, 1.165) is 24.9 Å². The molecule has 1 aliphatic rings. The molecule has 2 heterocycles. The second-order valence-electron chi connectivity index (χ2n) is 5.45. The standard InChI is InChI=1S/C15H18N2O8/c1-15(12(20)23-2,13(21)24-3)8-6-11(25-9(8)7-18)17-5-4-10(19)16-14(17)22/h4-6,9,11,18H,7H2,1-3H3,(H,16,19,22)/t9-,11-/m1/s1. The molecule has 0 spiro atoms. The molecule has 25 heavy (non-hydrogen) atoms. The first kappa shape index (κ1) is 18.6. The number of esters is 2. The maximum Gasteiger partial charge on any atom is 0.330 e. The van der Waals surface area contributed by atoms with Crippen molar-refractivity contribution in [3.63, 3.8) is 0 Å². The Bertz CT molecular complexity index is 805. The maximum atomic E-state index is 12.2. The van der Waals surface area contributed by atoms with Gasteiger partial charge >= 0.3 is 17.6 Å². The van der Waals surface area contributed by atoms with Crippen LogP contribution in [-0.4, -0.2) is 53.5 Å². The van der Waals surface area contributed by atoms with Gasteiger partial charge in [0.15, 0.2) is 11.6 Å². The molecule has 1 aromatic heterocycles. The monoisotopic (exact) mass is 354 g/mol. The Morgan fingerprint density at radius 3 is 2.40 bits per heavy atom. The SMILES string of the molecule is COC(=O)C(C)(C(=O)OC)C1=C[C@H](n2ccc(=O)[nH]c2=O)O[C@@H]1CO. The molecule has 2 rings (SSSR count). The van der Waals surface area contributed by atoms with Crippen molar-refractivity contribution in [1.82, 2.24) is 9.55 Å². The minimum absolute atomic E-state index is 0.0943. The van der Waals surface area contributed by atoms with E-state index < -0.39 is 47.5 Å². The second-order valence-corrected chi connectivity index (χ2v) is 5.45. The van der Waals surface area contributed by atoms with Gasteiger partial charge in [-0.25, -0.2) is 4.79 Å². The van der Waals surface area contributed by atoms with Crippen LogP contribution in [0.2, 0.25) is 0 Å². The minimum atomic E-state index is -1.86. The van der Waals surface area contributed by atoms with E-state index in [-0.39, 0.29) is 5.57 Å². The van der Waals surface area contributed by atoms with Crippen molar-refractivity contribution in [2.75, 3.05) is 20.8 Å². The molecule has 0 radical (unpaired) electrons. The van der Waals surface area contributed by atoms with E-state index in [0.29, 0.717) is 0 Å². The highest BCUT2D eigenvalue weighted by atomic mass is 16.6. The van der Waals surface area contributed by atoms with Gasteiger partial charge in [-0.2, -0.15) is 0 Å². The second kappa shape index (κ2) is 7.03. The number of carbonyl (C=O) groups is 2. The highest BCUT2D eigenvalue weighted by molar-refractivity contribution is 6.03. The van der Waals surface area contributed by atoms with Gasteiger partial charge in [-0.1, -0.05) is 0 Å². The number of nitrogens with zero attached hydrogens (tertiary/aromatic N) is 1. The Kier molecular flexibility index (Phi) is 5.24. The summed E-state index contributed by atoms with van der Waals surface area (Å²) in [4.78, 5) is 49.6. The number of aromatic amines is 1. The lowest BCUT2D eigenvalue weighted by Gasteiger charge is -2.27. The molecule has 10 nitrogen and oxygen atoms in total. The normalized spacial score (nSPS) is 20.1. The lowest BCUT2D eigenvalue weighted by molar-refractivity contribution is -0.165. The summed E-state index contributed by atoms with van der Waals surface area (Å²) in [6, 6.07) is 1.12. The molecule has 0 saturated heterocycles. The molecule has 0 fully saturated rings. The Hall–Kier alpha value is -2.72. The van der Waals surface area contributed by atoms with Crippen molar-refractivity contribution >= 4 is 11.9 Å². The third-order valence-corrected chi connectivity index (χ3v) is 4.03. The number of ether oxygens (including phenoxy) is 3. The van der Waals surface area contributed by atoms with Gasteiger partial charge in [0.1, 0.15) is 6.10 Å². The van der Waals surface area contributed by atoms with Gasteiger partial charge < -0.3 is 19.3 Å². The fourth-order valence-electron chi connectivity index (χ4n) is 2.67. The molecule has 0 aromatic carbocycles. The van der Waals surface area contributed by atoms with Gasteiger partial charge in [-0.05, 0) is 18.6 Å². The first-order chi connectivity index (χ1) is 11.8. The Morgan fingerprint density at radius 2 is 1.92 bits per heavy atom. The molecular formula is C15H18N2O8. The number of H-pyrrole nitrogens is 1. The summed E-state index contributed by atoms with van der Waals surface area (Å²) in [5.74, 6) is -1.80. The summed E-state index contributed by atoms with van der Waals surface area (Å²) in [5, 5.41) is 9.57. The van der Waals surface area contributed by atoms with Crippen molar-refractivity contribution < 1.29 is 28.9 Å². The molecule has 0 saturated carbocycles. The van der Waals surface area contributed by atoms with E-state index in [1.54, 1.807) is 0 Å². The summed E-state index contributed by atoms with van der Waals surface area (Å²) < 4.78 is 16.0. The topological polar surface area (TPSA) is 137 Å². The number of aliphatic hydroxyl groups is 1. The number of hydrogen-bond donors (Lipinski definition) is 2. The van der Waals surface area contributed by atoms with Crippen molar-refractivity contribution in [2.45, 2.75) is 19.3 Å². The van der Waals surface area contributed by atoms with E-state index in [4.69, 9.17) is 14.2 Å². The molecule has 0 amide bonds. The van der Waals surface area contributed by atoms with Crippen molar-refractivity contribution in [3.05, 3.63) is 44.8 Å². The molecule has 0 unspecified atom stereocenters. The number of carbonyl (C=O) groups excluding carboxylic acids is 2. The predicted molar refractivity (Wildman–Crippen MR) is 82.5 cm³/mol. The highest BCUT2D eigenvalue weighted by Gasteiger charge is 2.52. The van der Waals surface area contributed by atoms with Crippen molar-refractivity contribution in [3.8, 4) is 0 Å². The Balaban J connectivity index is 2.56. The number of nitrogens with one attached hydrogen (secondary N) is 1. The van der Waals surface area contributed by atoms with Crippen LogP contribution in [0.4, 0.5) is 0 Å². The maximum absolute atomic E-state index is 12.2. The molecule has 1 aliphatic heterocycles. The van der Waals surface area contributed by atoms with Crippen LogP contribution in [0.25, 0.3) is 0 Å². The van der Waals surface area contributed by atoms with Gasteiger partial charge in [0, 0.05) is 12.3 Å². The third-order valence-electron chi connectivity index (χ3n) is 4.03. The lowest BCUT2D eigenvalue weighted by Crippen LogP contribution is -2.43. The quantitative estimate of drug-likeness (QED) is 0.378. The molecule has 1 aromatic rings. The van der Waals surface area contributed by atoms with Crippen LogP contribution in [-0.2, 0) is 23.8 Å². The average Bonchev–Trinajstić information content (AvgIpc) is 3.03. The molecule has 2 atom stereocenters. The Labute approximate surface area is 141 Å². The Morgan fingerprint density at radius 1 is 1.32 bits per heavy atom. The summed E-state index contributed by atoms with van der Waals surface area (Å²) in [7, 11) is 2.22. The van der Waals surface area contributed by atoms with Crippen LogP contribution < -0.4 is 11.2 Å². The molecule has 2 N–H and O–H groups in total. The van der Waals surface area contributed by atoms with Crippen LogP contribution in [0.3, 0.4) is 0 Å². The van der Waals surface area contributed by atoms with E-state index in [2.05, 4.69) is 4.98 Å². The number of aliphatic hydroxyl groups excluding tert-OH is 1. The van der Waals surface area contributed by atoms with Crippen LogP contribution in [0.15, 0.2) is 33.5 Å². The molecule has 136 valence electrons. The largest absolute Gasteiger partial charge is 0.468 e. The van der Waals surface area contributed by atoms with Gasteiger partial charge in [-0.15, -0.1) is 0 Å². The van der Waals surface area contributed by atoms with E-state index >= 15 is 0 Å². The van der Waals surface area contributed by atoms with E-state index in [9.17, 15) is 24.3 Å². The van der Waals surface area contributed by atoms with Crippen LogP contribution in [0.1, 0.15) is 13.2 Å². The average molecular weight is 354 g/mol. The molecular weight excluding hydrogens is 336 g/mol. The highest BCUT2D eigenvalue weighted by Crippen LogP contribution is 2.40. The summed E-state index contributed by atoms with van der Waals surface area (Å²) in [6.07, 6.45) is 0.457. The number of aromatic nitrogens is 2. The molecule has 0 bridgehead atoms. The van der Waals surface area contributed by atoms with E-state index in [1.165, 1.54) is 19.2 Å². The summed E-state index contributed by atoms with van der Waals surface area (Å²) >= 11 is 0. The van der Waals surface area contributed by atoms with Crippen LogP contribution >= 0.6 is 0 Å². The number of hydrogen-bond acceptors (Lipinski definition) is 8. The van der Waals surface area contributed by atoms with Gasteiger partial charge in [0.2, 0.25) is 0 Å². The van der Waals surface area contributed by atoms with Gasteiger partial charge in [-0.3, -0.25) is 23.9 Å². The molecule has 0 aliphatic carbocycles. The first-order valence-electron chi connectivity index (χ1n) is 7.26. The fraction of sp³-hybridized carbons (Fsp3) is 0.467. The summed E-state index contributed by atoms with van der Waals surface area (Å²) in [5.41, 5.74) is -3.10. The van der Waals surface area contributed by atoms with Crippen molar-refractivity contribution in [2.24, 2.45) is 5.41 Å². The minimum Gasteiger partial charge on any atom is -0.468 e.